The number of benzene rings is 2. The number of hydroxylamine groups is 1. The number of amides is 2. The molecule has 1 fully saturated rings. The van der Waals surface area contributed by atoms with Gasteiger partial charge in [-0.1, -0.05) is 25.1 Å². The highest BCUT2D eigenvalue weighted by Crippen LogP contribution is 2.35. The van der Waals surface area contributed by atoms with Crippen LogP contribution in [0, 0.1) is 12.3 Å². The molecule has 1 aromatic heterocycles. The largest absolute Gasteiger partial charge is 0.489 e. The molecule has 3 aromatic rings. The second-order valence-electron chi connectivity index (χ2n) is 8.78. The first-order valence-electron chi connectivity index (χ1n) is 11.2. The first kappa shape index (κ1) is 24.6. The fourth-order valence-electron chi connectivity index (χ4n) is 4.37. The third kappa shape index (κ3) is 4.98. The van der Waals surface area contributed by atoms with E-state index >= 15 is 0 Å². The maximum atomic E-state index is 13.1. The third-order valence-electron chi connectivity index (χ3n) is 6.20. The molecule has 10 heteroatoms. The maximum Gasteiger partial charge on any atom is 0.254 e. The zero-order chi connectivity index (χ0) is 25.2. The van der Waals surface area contributed by atoms with Gasteiger partial charge in [0.05, 0.1) is 16.2 Å². The van der Waals surface area contributed by atoms with E-state index < -0.39 is 26.9 Å². The Balaban J connectivity index is 1.47. The molecular formula is C25H27N3O6S. The van der Waals surface area contributed by atoms with Gasteiger partial charge in [-0.25, -0.2) is 13.9 Å². The van der Waals surface area contributed by atoms with Gasteiger partial charge in [0.15, 0.2) is 9.84 Å². The van der Waals surface area contributed by atoms with Crippen molar-refractivity contribution in [1.29, 1.82) is 0 Å². The molecule has 184 valence electrons. The van der Waals surface area contributed by atoms with E-state index in [0.29, 0.717) is 5.75 Å². The van der Waals surface area contributed by atoms with Crippen molar-refractivity contribution in [2.24, 2.45) is 5.41 Å². The topological polar surface area (TPSA) is 126 Å². The number of fused-ring (bicyclic) bond motifs is 1. The molecule has 0 spiro atoms. The van der Waals surface area contributed by atoms with Gasteiger partial charge in [-0.2, -0.15) is 0 Å². The zero-order valence-corrected chi connectivity index (χ0v) is 20.3. The van der Waals surface area contributed by atoms with Crippen molar-refractivity contribution in [1.82, 2.24) is 15.4 Å². The predicted molar refractivity (Wildman–Crippen MR) is 129 cm³/mol. The van der Waals surface area contributed by atoms with Crippen LogP contribution in [0.1, 0.15) is 24.6 Å². The van der Waals surface area contributed by atoms with E-state index in [1.54, 1.807) is 24.5 Å². The lowest BCUT2D eigenvalue weighted by atomic mass is 9.80. The van der Waals surface area contributed by atoms with Crippen molar-refractivity contribution in [3.05, 3.63) is 65.9 Å². The van der Waals surface area contributed by atoms with Crippen LogP contribution in [0.2, 0.25) is 0 Å². The van der Waals surface area contributed by atoms with Crippen LogP contribution in [0.5, 0.6) is 5.75 Å². The average molecular weight is 498 g/mol. The first-order valence-corrected chi connectivity index (χ1v) is 12.9. The molecule has 2 N–H and O–H groups in total. The number of likely N-dealkylation sites (tertiary alicyclic amines) is 1. The van der Waals surface area contributed by atoms with E-state index in [1.807, 2.05) is 37.3 Å². The van der Waals surface area contributed by atoms with Crippen molar-refractivity contribution in [2.75, 3.05) is 18.8 Å². The first-order chi connectivity index (χ1) is 16.7. The summed E-state index contributed by atoms with van der Waals surface area (Å²) in [5.41, 5.74) is 2.88. The number of aryl methyl sites for hydroxylation is 1. The monoisotopic (exact) mass is 497 g/mol. The Morgan fingerprint density at radius 2 is 1.83 bits per heavy atom. The zero-order valence-electron chi connectivity index (χ0n) is 19.5. The summed E-state index contributed by atoms with van der Waals surface area (Å²) in [6.07, 6.45) is 0.250. The molecule has 0 saturated carbocycles. The highest BCUT2D eigenvalue weighted by molar-refractivity contribution is 7.91. The molecule has 0 radical (unpaired) electrons. The molecule has 35 heavy (non-hydrogen) atoms. The second-order valence-corrected chi connectivity index (χ2v) is 10.8. The van der Waals surface area contributed by atoms with E-state index in [4.69, 9.17) is 9.94 Å². The van der Waals surface area contributed by atoms with Gasteiger partial charge in [-0.05, 0) is 43.3 Å². The summed E-state index contributed by atoms with van der Waals surface area (Å²) >= 11 is 0. The van der Waals surface area contributed by atoms with Crippen LogP contribution in [0.15, 0.2) is 59.5 Å². The number of pyridine rings is 1. The van der Waals surface area contributed by atoms with Crippen molar-refractivity contribution >= 4 is 32.6 Å². The van der Waals surface area contributed by atoms with Crippen molar-refractivity contribution in [3.63, 3.8) is 0 Å². The molecule has 0 bridgehead atoms. The number of sulfone groups is 1. The lowest BCUT2D eigenvalue weighted by Gasteiger charge is -2.47. The Bertz CT molecular complexity index is 1370. The van der Waals surface area contributed by atoms with Crippen LogP contribution in [0.3, 0.4) is 0 Å². The van der Waals surface area contributed by atoms with Gasteiger partial charge in [-0.3, -0.25) is 19.8 Å². The maximum absolute atomic E-state index is 13.1. The Kier molecular flexibility index (Phi) is 6.77. The number of para-hydroxylation sites is 1. The number of ether oxygens (including phenoxy) is 1. The van der Waals surface area contributed by atoms with E-state index in [1.165, 1.54) is 17.0 Å². The molecule has 2 heterocycles. The van der Waals surface area contributed by atoms with E-state index in [9.17, 15) is 18.0 Å². The molecule has 1 aliphatic rings. The van der Waals surface area contributed by atoms with Crippen LogP contribution >= 0.6 is 0 Å². The van der Waals surface area contributed by atoms with Crippen LogP contribution in [0.25, 0.3) is 10.9 Å². The fraction of sp³-hybridized carbons (Fsp3) is 0.320. The minimum absolute atomic E-state index is 0.0282. The quantitative estimate of drug-likeness (QED) is 0.362. The van der Waals surface area contributed by atoms with Crippen molar-refractivity contribution < 1.29 is 28.0 Å². The third-order valence-corrected chi connectivity index (χ3v) is 8.12. The summed E-state index contributed by atoms with van der Waals surface area (Å²) in [5.74, 6) is -1.03. The summed E-state index contributed by atoms with van der Waals surface area (Å²) in [4.78, 5) is 30.1. The van der Waals surface area contributed by atoms with Gasteiger partial charge in [0.1, 0.15) is 17.8 Å². The van der Waals surface area contributed by atoms with E-state index in [2.05, 4.69) is 4.98 Å². The second kappa shape index (κ2) is 9.63. The van der Waals surface area contributed by atoms with E-state index in [-0.39, 0.29) is 36.9 Å². The average Bonchev–Trinajstić information content (AvgIpc) is 2.83. The Labute approximate surface area is 203 Å². The molecule has 0 aliphatic carbocycles. The smallest absolute Gasteiger partial charge is 0.254 e. The minimum atomic E-state index is -3.88. The Morgan fingerprint density at radius 3 is 2.49 bits per heavy atom. The molecule has 1 aliphatic heterocycles. The summed E-state index contributed by atoms with van der Waals surface area (Å²) in [6, 6.07) is 15.7. The van der Waals surface area contributed by atoms with E-state index in [0.717, 1.165) is 22.2 Å². The lowest BCUT2D eigenvalue weighted by molar-refractivity contribution is -0.156. The molecule has 2 aromatic carbocycles. The lowest BCUT2D eigenvalue weighted by Crippen LogP contribution is -2.66. The van der Waals surface area contributed by atoms with Gasteiger partial charge in [0.2, 0.25) is 5.91 Å². The van der Waals surface area contributed by atoms with Crippen LogP contribution in [-0.4, -0.2) is 54.2 Å². The number of nitrogens with zero attached hydrogens (tertiary/aromatic N) is 2. The van der Waals surface area contributed by atoms with Crippen LogP contribution < -0.4 is 10.2 Å². The predicted octanol–water partition coefficient (Wildman–Crippen LogP) is 2.64. The number of aromatic nitrogens is 1. The molecular weight excluding hydrogens is 470 g/mol. The molecule has 9 nitrogen and oxygen atoms in total. The molecule has 0 atom stereocenters. The Hall–Kier alpha value is -3.50. The summed E-state index contributed by atoms with van der Waals surface area (Å²) < 4.78 is 32.0. The summed E-state index contributed by atoms with van der Waals surface area (Å²) in [7, 11) is -3.88. The number of hydrogen-bond donors (Lipinski definition) is 2. The summed E-state index contributed by atoms with van der Waals surface area (Å²) in [5, 5.41) is 10.1. The summed E-state index contributed by atoms with van der Waals surface area (Å²) in [6.45, 7) is 3.76. The van der Waals surface area contributed by atoms with Gasteiger partial charge < -0.3 is 9.64 Å². The number of rotatable bonds is 8. The van der Waals surface area contributed by atoms with Crippen molar-refractivity contribution in [3.8, 4) is 5.75 Å². The fourth-order valence-corrected chi connectivity index (χ4v) is 6.13. The van der Waals surface area contributed by atoms with Gasteiger partial charge >= 0.3 is 0 Å². The minimum Gasteiger partial charge on any atom is -0.489 e. The SMILES string of the molecule is CCC(=O)N1CC(CS(=O)(=O)c2ccc(OCc3cc(C)nc4ccccc34)cc2)(C(=O)NO)C1. The van der Waals surface area contributed by atoms with Gasteiger partial charge in [0, 0.05) is 36.2 Å². The normalized spacial score (nSPS) is 14.9. The standard InChI is InChI=1S/C25H27N3O6S/c1-3-23(29)28-14-25(15-28,24(30)27-31)16-35(32,33)20-10-8-19(9-11-20)34-13-18-12-17(2)26-22-7-5-4-6-21(18)22/h4-12,31H,3,13-16H2,1-2H3,(H,27,30). The Morgan fingerprint density at radius 1 is 1.14 bits per heavy atom. The number of nitrogens with one attached hydrogen (secondary N) is 1. The number of carbonyl (C=O) groups excluding carboxylic acids is 2. The van der Waals surface area contributed by atoms with Crippen LogP contribution in [-0.2, 0) is 26.0 Å². The number of hydrogen-bond acceptors (Lipinski definition) is 7. The molecule has 4 rings (SSSR count). The molecule has 2 amide bonds. The molecule has 1 saturated heterocycles. The molecule has 0 unspecified atom stereocenters. The highest BCUT2D eigenvalue weighted by atomic mass is 32.2. The van der Waals surface area contributed by atoms with Gasteiger partial charge in [-0.15, -0.1) is 0 Å². The van der Waals surface area contributed by atoms with Gasteiger partial charge in [0.25, 0.3) is 5.91 Å². The highest BCUT2D eigenvalue weighted by Gasteiger charge is 2.53. The number of carbonyl (C=O) groups is 2. The van der Waals surface area contributed by atoms with Crippen molar-refractivity contribution in [2.45, 2.75) is 31.8 Å². The van der Waals surface area contributed by atoms with Crippen LogP contribution in [0.4, 0.5) is 0 Å².